The summed E-state index contributed by atoms with van der Waals surface area (Å²) in [6.07, 6.45) is 0. The fourth-order valence-electron chi connectivity index (χ4n) is 0.874. The Hall–Kier alpha value is -2.24. The number of nitrogens with zero attached hydrogens (tertiary/aromatic N) is 2. The fraction of sp³-hybridized carbons (Fsp3) is 0.200. The van der Waals surface area contributed by atoms with Crippen molar-refractivity contribution in [1.82, 2.24) is 5.32 Å². The number of aliphatic carboxylic acids is 1. The van der Waals surface area contributed by atoms with E-state index in [2.05, 4.69) is 15.5 Å². The van der Waals surface area contributed by atoms with Gasteiger partial charge in [0.1, 0.15) is 6.04 Å². The summed E-state index contributed by atoms with van der Waals surface area (Å²) in [7, 11) is 0. The van der Waals surface area contributed by atoms with Crippen LogP contribution in [-0.2, 0) is 4.79 Å². The van der Waals surface area contributed by atoms with E-state index in [1.54, 1.807) is 24.3 Å². The number of urea groups is 1. The van der Waals surface area contributed by atoms with E-state index < -0.39 is 18.0 Å². The molecule has 6 nitrogen and oxygen atoms in total. The van der Waals surface area contributed by atoms with Crippen molar-refractivity contribution in [2.24, 2.45) is 10.2 Å². The summed E-state index contributed by atoms with van der Waals surface area (Å²) in [5, 5.41) is 17.6. The largest absolute Gasteiger partial charge is 0.480 e. The average molecular weight is 221 g/mol. The van der Waals surface area contributed by atoms with Crippen molar-refractivity contribution >= 4 is 17.7 Å². The second-order valence-corrected chi connectivity index (χ2v) is 3.04. The Kier molecular flexibility index (Phi) is 4.14. The lowest BCUT2D eigenvalue weighted by atomic mass is 10.3. The van der Waals surface area contributed by atoms with Crippen LogP contribution in [0.5, 0.6) is 0 Å². The van der Waals surface area contributed by atoms with Gasteiger partial charge in [-0.15, -0.1) is 5.11 Å². The van der Waals surface area contributed by atoms with Crippen molar-refractivity contribution in [3.63, 3.8) is 0 Å². The lowest BCUT2D eigenvalue weighted by Crippen LogP contribution is -2.36. The molecule has 0 spiro atoms. The maximum atomic E-state index is 11.1. The molecule has 0 aliphatic carbocycles. The molecule has 1 atom stereocenters. The van der Waals surface area contributed by atoms with Crippen LogP contribution in [0.25, 0.3) is 0 Å². The molecule has 1 aromatic rings. The van der Waals surface area contributed by atoms with E-state index in [1.807, 2.05) is 6.07 Å². The van der Waals surface area contributed by atoms with Crippen LogP contribution < -0.4 is 5.32 Å². The second-order valence-electron chi connectivity index (χ2n) is 3.04. The number of rotatable bonds is 3. The summed E-state index contributed by atoms with van der Waals surface area (Å²) < 4.78 is 0. The molecule has 0 radical (unpaired) electrons. The third kappa shape index (κ3) is 3.87. The minimum Gasteiger partial charge on any atom is -0.480 e. The molecule has 6 heteroatoms. The predicted octanol–water partition coefficient (Wildman–Crippen LogP) is 1.95. The fourth-order valence-corrected chi connectivity index (χ4v) is 0.874. The van der Waals surface area contributed by atoms with E-state index in [9.17, 15) is 9.59 Å². The van der Waals surface area contributed by atoms with Gasteiger partial charge in [-0.3, -0.25) is 4.79 Å². The van der Waals surface area contributed by atoms with Gasteiger partial charge >= 0.3 is 12.0 Å². The highest BCUT2D eigenvalue weighted by Crippen LogP contribution is 2.09. The van der Waals surface area contributed by atoms with Gasteiger partial charge in [0.25, 0.3) is 0 Å². The number of carboxylic acid groups (broad SMARTS) is 1. The second kappa shape index (κ2) is 5.59. The maximum Gasteiger partial charge on any atom is 0.360 e. The minimum atomic E-state index is -1.12. The van der Waals surface area contributed by atoms with Crippen LogP contribution in [-0.4, -0.2) is 23.1 Å². The summed E-state index contributed by atoms with van der Waals surface area (Å²) in [5.41, 5.74) is 0.528. The number of hydrogen-bond donors (Lipinski definition) is 2. The van der Waals surface area contributed by atoms with Gasteiger partial charge in [0, 0.05) is 0 Å². The molecule has 0 unspecified atom stereocenters. The van der Waals surface area contributed by atoms with E-state index in [1.165, 1.54) is 6.92 Å². The first-order valence-corrected chi connectivity index (χ1v) is 4.59. The average Bonchev–Trinajstić information content (AvgIpc) is 2.27. The molecule has 0 aliphatic heterocycles. The van der Waals surface area contributed by atoms with Gasteiger partial charge in [-0.05, 0) is 19.1 Å². The van der Waals surface area contributed by atoms with Gasteiger partial charge in [-0.25, -0.2) is 4.79 Å². The van der Waals surface area contributed by atoms with Crippen LogP contribution in [0, 0.1) is 0 Å². The topological polar surface area (TPSA) is 91.1 Å². The molecule has 0 heterocycles. The summed E-state index contributed by atoms with van der Waals surface area (Å²) in [6, 6.07) is 6.92. The van der Waals surface area contributed by atoms with E-state index in [0.717, 1.165) is 0 Å². The first-order valence-electron chi connectivity index (χ1n) is 4.59. The zero-order valence-corrected chi connectivity index (χ0v) is 8.62. The minimum absolute atomic E-state index is 0.528. The Bertz CT molecular complexity index is 403. The number of nitrogens with one attached hydrogen (secondary N) is 1. The maximum absolute atomic E-state index is 11.1. The summed E-state index contributed by atoms with van der Waals surface area (Å²) in [4.78, 5) is 21.5. The van der Waals surface area contributed by atoms with Crippen molar-refractivity contribution in [3.05, 3.63) is 30.3 Å². The van der Waals surface area contributed by atoms with Gasteiger partial charge in [0.15, 0.2) is 0 Å². The number of benzene rings is 1. The van der Waals surface area contributed by atoms with E-state index in [0.29, 0.717) is 5.69 Å². The van der Waals surface area contributed by atoms with E-state index in [-0.39, 0.29) is 0 Å². The molecule has 1 rings (SSSR count). The molecule has 0 bridgehead atoms. The zero-order valence-electron chi connectivity index (χ0n) is 8.62. The molecular weight excluding hydrogens is 210 g/mol. The number of carboxylic acids is 1. The Morgan fingerprint density at radius 2 is 1.94 bits per heavy atom. The van der Waals surface area contributed by atoms with Crippen LogP contribution in [0.3, 0.4) is 0 Å². The van der Waals surface area contributed by atoms with Crippen LogP contribution >= 0.6 is 0 Å². The normalized spacial score (nSPS) is 12.3. The summed E-state index contributed by atoms with van der Waals surface area (Å²) >= 11 is 0. The Morgan fingerprint density at radius 3 is 2.50 bits per heavy atom. The number of hydrogen-bond acceptors (Lipinski definition) is 3. The summed E-state index contributed by atoms with van der Waals surface area (Å²) in [6.45, 7) is 1.35. The first-order chi connectivity index (χ1) is 7.59. The van der Waals surface area contributed by atoms with Crippen molar-refractivity contribution in [2.75, 3.05) is 0 Å². The molecule has 0 fully saturated rings. The number of carbonyl (C=O) groups excluding carboxylic acids is 1. The highest BCUT2D eigenvalue weighted by atomic mass is 16.4. The van der Waals surface area contributed by atoms with Crippen LogP contribution in [0.4, 0.5) is 10.5 Å². The van der Waals surface area contributed by atoms with Gasteiger partial charge < -0.3 is 10.4 Å². The number of carbonyl (C=O) groups is 2. The molecule has 2 N–H and O–H groups in total. The summed E-state index contributed by atoms with van der Waals surface area (Å²) in [5.74, 6) is -1.12. The van der Waals surface area contributed by atoms with Crippen molar-refractivity contribution < 1.29 is 14.7 Å². The van der Waals surface area contributed by atoms with Crippen LogP contribution in [0.15, 0.2) is 40.6 Å². The third-order valence-electron chi connectivity index (χ3n) is 1.72. The lowest BCUT2D eigenvalue weighted by Gasteiger charge is -2.04. The Morgan fingerprint density at radius 1 is 1.31 bits per heavy atom. The van der Waals surface area contributed by atoms with E-state index in [4.69, 9.17) is 5.11 Å². The predicted molar refractivity (Wildman–Crippen MR) is 56.6 cm³/mol. The van der Waals surface area contributed by atoms with Crippen LogP contribution in [0.2, 0.25) is 0 Å². The monoisotopic (exact) mass is 221 g/mol. The molecule has 0 saturated carbocycles. The SMILES string of the molecule is C[C@H](NC(=O)N=Nc1ccccc1)C(=O)O. The molecule has 16 heavy (non-hydrogen) atoms. The Labute approximate surface area is 92.0 Å². The van der Waals surface area contributed by atoms with Gasteiger partial charge in [0.2, 0.25) is 0 Å². The van der Waals surface area contributed by atoms with Crippen molar-refractivity contribution in [1.29, 1.82) is 0 Å². The molecule has 0 aromatic heterocycles. The van der Waals surface area contributed by atoms with Crippen LogP contribution in [0.1, 0.15) is 6.92 Å². The molecule has 0 aliphatic rings. The molecule has 84 valence electrons. The van der Waals surface area contributed by atoms with Gasteiger partial charge in [0.05, 0.1) is 5.69 Å². The zero-order chi connectivity index (χ0) is 12.0. The molecular formula is C10H11N3O3. The van der Waals surface area contributed by atoms with Gasteiger partial charge in [-0.1, -0.05) is 23.3 Å². The standard InChI is InChI=1S/C10H11N3O3/c1-7(9(14)15)11-10(16)13-12-8-5-3-2-4-6-8/h2-7H,1H3,(H,11,16)(H,14,15)/t7-/m0/s1. The van der Waals surface area contributed by atoms with E-state index >= 15 is 0 Å². The number of azo groups is 1. The third-order valence-corrected chi connectivity index (χ3v) is 1.72. The number of amides is 2. The molecule has 0 saturated heterocycles. The first kappa shape index (κ1) is 11.8. The molecule has 1 aromatic carbocycles. The highest BCUT2D eigenvalue weighted by Gasteiger charge is 2.12. The van der Waals surface area contributed by atoms with Gasteiger partial charge in [-0.2, -0.15) is 0 Å². The quantitative estimate of drug-likeness (QED) is 0.764. The highest BCUT2D eigenvalue weighted by molar-refractivity contribution is 5.82. The van der Waals surface area contributed by atoms with Crippen molar-refractivity contribution in [3.8, 4) is 0 Å². The molecule has 2 amide bonds. The smallest absolute Gasteiger partial charge is 0.360 e. The Balaban J connectivity index is 2.52. The lowest BCUT2D eigenvalue weighted by molar-refractivity contribution is -0.138. The van der Waals surface area contributed by atoms with Crippen molar-refractivity contribution in [2.45, 2.75) is 13.0 Å².